The van der Waals surface area contributed by atoms with Crippen LogP contribution in [0.2, 0.25) is 0 Å². The van der Waals surface area contributed by atoms with Gasteiger partial charge in [0.1, 0.15) is 0 Å². The van der Waals surface area contributed by atoms with Crippen LogP contribution in [0, 0.1) is 0 Å². The number of aromatic nitrogens is 2. The molecular formula is C21H20N2O3S. The first-order valence-electron chi connectivity index (χ1n) is 8.84. The summed E-state index contributed by atoms with van der Waals surface area (Å²) in [6, 6.07) is 17.2. The van der Waals surface area contributed by atoms with Crippen molar-refractivity contribution in [3.8, 4) is 22.8 Å². The monoisotopic (exact) mass is 380 g/mol. The summed E-state index contributed by atoms with van der Waals surface area (Å²) in [5, 5.41) is 4.56. The van der Waals surface area contributed by atoms with Gasteiger partial charge in [-0.3, -0.25) is 4.79 Å². The summed E-state index contributed by atoms with van der Waals surface area (Å²) in [7, 11) is 0. The SMILES string of the molecule is CSc1ccc(Cn2nc(-c3ccc4c(c3)OCCCO4)ccc2=O)cc1. The maximum atomic E-state index is 12.3. The first-order valence-corrected chi connectivity index (χ1v) is 10.1. The number of fused-ring (bicyclic) bond motifs is 1. The van der Waals surface area contributed by atoms with Crippen LogP contribution in [0.15, 0.2) is 64.3 Å². The molecule has 0 bridgehead atoms. The van der Waals surface area contributed by atoms with Gasteiger partial charge in [-0.2, -0.15) is 5.10 Å². The molecule has 0 N–H and O–H groups in total. The van der Waals surface area contributed by atoms with Crippen LogP contribution in [-0.4, -0.2) is 29.3 Å². The van der Waals surface area contributed by atoms with E-state index in [9.17, 15) is 4.79 Å². The lowest BCUT2D eigenvalue weighted by Gasteiger charge is -2.11. The molecule has 138 valence electrons. The third-order valence-electron chi connectivity index (χ3n) is 4.40. The van der Waals surface area contributed by atoms with Crippen LogP contribution in [0.5, 0.6) is 11.5 Å². The Bertz CT molecular complexity index is 999. The minimum atomic E-state index is -0.123. The number of thioether (sulfide) groups is 1. The van der Waals surface area contributed by atoms with Gasteiger partial charge in [-0.05, 0) is 48.2 Å². The highest BCUT2D eigenvalue weighted by Gasteiger charge is 2.13. The van der Waals surface area contributed by atoms with Crippen molar-refractivity contribution in [1.29, 1.82) is 0 Å². The Morgan fingerprint density at radius 2 is 1.78 bits per heavy atom. The van der Waals surface area contributed by atoms with E-state index in [-0.39, 0.29) is 5.56 Å². The van der Waals surface area contributed by atoms with Crippen molar-refractivity contribution in [2.75, 3.05) is 19.5 Å². The number of rotatable bonds is 4. The molecule has 1 aliphatic heterocycles. The highest BCUT2D eigenvalue weighted by Crippen LogP contribution is 2.33. The Balaban J connectivity index is 1.63. The summed E-state index contributed by atoms with van der Waals surface area (Å²) in [6.45, 7) is 1.73. The molecule has 0 amide bonds. The number of ether oxygens (including phenoxy) is 2. The molecule has 0 spiro atoms. The number of hydrogen-bond donors (Lipinski definition) is 0. The zero-order valence-electron chi connectivity index (χ0n) is 15.1. The van der Waals surface area contributed by atoms with E-state index in [4.69, 9.17) is 9.47 Å². The molecule has 27 heavy (non-hydrogen) atoms. The summed E-state index contributed by atoms with van der Waals surface area (Å²) >= 11 is 1.69. The van der Waals surface area contributed by atoms with Gasteiger partial charge in [0.15, 0.2) is 11.5 Å². The van der Waals surface area contributed by atoms with E-state index >= 15 is 0 Å². The van der Waals surface area contributed by atoms with Crippen molar-refractivity contribution in [2.24, 2.45) is 0 Å². The normalized spacial score (nSPS) is 13.2. The summed E-state index contributed by atoms with van der Waals surface area (Å²) in [5.74, 6) is 1.47. The standard InChI is InChI=1S/C21H20N2O3S/c1-27-17-6-3-15(4-7-17)14-23-21(24)10-8-18(22-23)16-5-9-19-20(13-16)26-12-2-11-25-19/h3-10,13H,2,11-12,14H2,1H3. The van der Waals surface area contributed by atoms with Crippen molar-refractivity contribution in [3.05, 3.63) is 70.5 Å². The van der Waals surface area contributed by atoms with Crippen molar-refractivity contribution in [3.63, 3.8) is 0 Å². The lowest BCUT2D eigenvalue weighted by molar-refractivity contribution is 0.297. The van der Waals surface area contributed by atoms with E-state index in [1.54, 1.807) is 23.9 Å². The molecule has 0 fully saturated rings. The van der Waals surface area contributed by atoms with Crippen LogP contribution < -0.4 is 15.0 Å². The highest BCUT2D eigenvalue weighted by molar-refractivity contribution is 7.98. The molecule has 3 aromatic rings. The van der Waals surface area contributed by atoms with Crippen molar-refractivity contribution in [1.82, 2.24) is 9.78 Å². The predicted octanol–water partition coefficient (Wildman–Crippen LogP) is 3.84. The van der Waals surface area contributed by atoms with Gasteiger partial charge in [-0.1, -0.05) is 12.1 Å². The molecule has 2 heterocycles. The quantitative estimate of drug-likeness (QED) is 0.644. The maximum absolute atomic E-state index is 12.3. The van der Waals surface area contributed by atoms with E-state index < -0.39 is 0 Å². The van der Waals surface area contributed by atoms with Crippen LogP contribution in [0.1, 0.15) is 12.0 Å². The Labute approximate surface area is 161 Å². The van der Waals surface area contributed by atoms with Crippen LogP contribution >= 0.6 is 11.8 Å². The maximum Gasteiger partial charge on any atom is 0.267 e. The smallest absolute Gasteiger partial charge is 0.267 e. The summed E-state index contributed by atoms with van der Waals surface area (Å²) in [4.78, 5) is 13.5. The number of nitrogens with zero attached hydrogens (tertiary/aromatic N) is 2. The van der Waals surface area contributed by atoms with Gasteiger partial charge in [0, 0.05) is 22.9 Å². The third-order valence-corrected chi connectivity index (χ3v) is 5.14. The fraction of sp³-hybridized carbons (Fsp3) is 0.238. The Morgan fingerprint density at radius 3 is 2.56 bits per heavy atom. The zero-order chi connectivity index (χ0) is 18.6. The van der Waals surface area contributed by atoms with Gasteiger partial charge in [0.25, 0.3) is 5.56 Å². The molecule has 0 aliphatic carbocycles. The first kappa shape index (κ1) is 17.7. The Kier molecular flexibility index (Phi) is 5.16. The van der Waals surface area contributed by atoms with Crippen LogP contribution in [-0.2, 0) is 6.54 Å². The largest absolute Gasteiger partial charge is 0.490 e. The molecule has 6 heteroatoms. The minimum Gasteiger partial charge on any atom is -0.490 e. The topological polar surface area (TPSA) is 53.4 Å². The highest BCUT2D eigenvalue weighted by atomic mass is 32.2. The Morgan fingerprint density at radius 1 is 1.00 bits per heavy atom. The van der Waals surface area contributed by atoms with E-state index in [2.05, 4.69) is 17.2 Å². The molecule has 0 saturated heterocycles. The van der Waals surface area contributed by atoms with Crippen LogP contribution in [0.25, 0.3) is 11.3 Å². The van der Waals surface area contributed by atoms with Crippen LogP contribution in [0.3, 0.4) is 0 Å². The molecular weight excluding hydrogens is 360 g/mol. The summed E-state index contributed by atoms with van der Waals surface area (Å²) in [6.07, 6.45) is 2.91. The molecule has 0 unspecified atom stereocenters. The molecule has 2 aromatic carbocycles. The lowest BCUT2D eigenvalue weighted by Crippen LogP contribution is -2.22. The second-order valence-corrected chi connectivity index (χ2v) is 7.15. The van der Waals surface area contributed by atoms with E-state index in [0.29, 0.717) is 19.8 Å². The summed E-state index contributed by atoms with van der Waals surface area (Å²) < 4.78 is 12.9. The van der Waals surface area contributed by atoms with Crippen molar-refractivity contribution < 1.29 is 9.47 Å². The number of benzene rings is 2. The fourth-order valence-corrected chi connectivity index (χ4v) is 3.35. The Hall–Kier alpha value is -2.73. The summed E-state index contributed by atoms with van der Waals surface area (Å²) in [5.41, 5.74) is 2.54. The molecule has 4 rings (SSSR count). The fourth-order valence-electron chi connectivity index (χ4n) is 2.94. The van der Waals surface area contributed by atoms with Crippen molar-refractivity contribution in [2.45, 2.75) is 17.9 Å². The molecule has 0 radical (unpaired) electrons. The molecule has 0 saturated carbocycles. The third kappa shape index (κ3) is 4.01. The minimum absolute atomic E-state index is 0.123. The second kappa shape index (κ2) is 7.88. The van der Waals surface area contributed by atoms with Gasteiger partial charge in [0.05, 0.1) is 25.5 Å². The van der Waals surface area contributed by atoms with Gasteiger partial charge in [-0.15, -0.1) is 11.8 Å². The first-order chi connectivity index (χ1) is 13.2. The molecule has 0 atom stereocenters. The van der Waals surface area contributed by atoms with E-state index in [1.807, 2.05) is 36.6 Å². The molecule has 5 nitrogen and oxygen atoms in total. The van der Waals surface area contributed by atoms with Crippen molar-refractivity contribution >= 4 is 11.8 Å². The lowest BCUT2D eigenvalue weighted by atomic mass is 10.1. The number of hydrogen-bond acceptors (Lipinski definition) is 5. The average Bonchev–Trinajstić information content (AvgIpc) is 2.95. The van der Waals surface area contributed by atoms with Gasteiger partial charge in [0.2, 0.25) is 0 Å². The zero-order valence-corrected chi connectivity index (χ0v) is 15.9. The molecule has 1 aliphatic rings. The average molecular weight is 380 g/mol. The van der Waals surface area contributed by atoms with E-state index in [0.717, 1.165) is 34.7 Å². The molecule has 1 aromatic heterocycles. The van der Waals surface area contributed by atoms with E-state index in [1.165, 1.54) is 9.58 Å². The second-order valence-electron chi connectivity index (χ2n) is 6.27. The van der Waals surface area contributed by atoms with Gasteiger partial charge in [-0.25, -0.2) is 4.68 Å². The van der Waals surface area contributed by atoms with Gasteiger partial charge < -0.3 is 9.47 Å². The predicted molar refractivity (Wildman–Crippen MR) is 107 cm³/mol. The van der Waals surface area contributed by atoms with Gasteiger partial charge >= 0.3 is 0 Å². The van der Waals surface area contributed by atoms with Crippen LogP contribution in [0.4, 0.5) is 0 Å².